The third kappa shape index (κ3) is 4.26. The summed E-state index contributed by atoms with van der Waals surface area (Å²) in [4.78, 5) is 27.6. The molecule has 5 rings (SSSR count). The summed E-state index contributed by atoms with van der Waals surface area (Å²) in [6.45, 7) is 1.10. The highest BCUT2D eigenvalue weighted by molar-refractivity contribution is 6.07. The molecule has 1 N–H and O–H groups in total. The molecule has 0 spiro atoms. The van der Waals surface area contributed by atoms with Gasteiger partial charge in [0, 0.05) is 31.2 Å². The molecule has 1 amide bonds. The van der Waals surface area contributed by atoms with E-state index < -0.39 is 17.5 Å². The highest BCUT2D eigenvalue weighted by Crippen LogP contribution is 2.24. The Morgan fingerprint density at radius 1 is 1.11 bits per heavy atom. The number of aromatic nitrogens is 4. The normalized spacial score (nSPS) is 11.4. The van der Waals surface area contributed by atoms with Crippen molar-refractivity contribution >= 4 is 22.7 Å². The van der Waals surface area contributed by atoms with Crippen LogP contribution in [0.1, 0.15) is 10.4 Å². The molecule has 0 saturated carbocycles. The number of nitrogens with zero attached hydrogens (tertiary/aromatic N) is 5. The summed E-state index contributed by atoms with van der Waals surface area (Å²) in [6.07, 6.45) is 4.92. The second kappa shape index (κ2) is 9.07. The number of para-hydroxylation sites is 1. The zero-order valence-electron chi connectivity index (χ0n) is 19.2. The van der Waals surface area contributed by atoms with Gasteiger partial charge in [0.2, 0.25) is 0 Å². The van der Waals surface area contributed by atoms with Gasteiger partial charge >= 0.3 is 5.76 Å². The molecule has 35 heavy (non-hydrogen) atoms. The van der Waals surface area contributed by atoms with Crippen molar-refractivity contribution in [2.45, 2.75) is 6.54 Å². The van der Waals surface area contributed by atoms with Gasteiger partial charge in [-0.3, -0.25) is 9.36 Å². The minimum atomic E-state index is -0.461. The molecule has 0 aliphatic rings. The van der Waals surface area contributed by atoms with E-state index in [0.29, 0.717) is 35.7 Å². The van der Waals surface area contributed by atoms with E-state index in [1.807, 2.05) is 19.0 Å². The fraction of sp³-hybridized carbons (Fsp3) is 0.160. The Bertz CT molecular complexity index is 1560. The van der Waals surface area contributed by atoms with Crippen molar-refractivity contribution in [2.24, 2.45) is 0 Å². The van der Waals surface area contributed by atoms with Gasteiger partial charge in [0.1, 0.15) is 17.1 Å². The number of fused-ring (bicyclic) bond motifs is 1. The molecule has 3 heterocycles. The topological polar surface area (TPSA) is 90.2 Å². The third-order valence-corrected chi connectivity index (χ3v) is 5.61. The number of nitrogens with one attached hydrogen (secondary N) is 1. The summed E-state index contributed by atoms with van der Waals surface area (Å²) < 4.78 is 24.5. The maximum atomic E-state index is 14.5. The first-order valence-corrected chi connectivity index (χ1v) is 11.0. The largest absolute Gasteiger partial charge is 0.419 e. The maximum Gasteiger partial charge on any atom is 0.419 e. The lowest BCUT2D eigenvalue weighted by molar-refractivity contribution is 0.102. The molecule has 0 bridgehead atoms. The number of carbonyl (C=O) groups is 1. The molecule has 0 atom stereocenters. The van der Waals surface area contributed by atoms with Gasteiger partial charge in [-0.2, -0.15) is 5.10 Å². The van der Waals surface area contributed by atoms with Crippen LogP contribution < -0.4 is 11.1 Å². The van der Waals surface area contributed by atoms with Crippen molar-refractivity contribution in [1.82, 2.24) is 23.8 Å². The minimum Gasteiger partial charge on any atom is -0.408 e. The van der Waals surface area contributed by atoms with Gasteiger partial charge in [0.25, 0.3) is 5.91 Å². The van der Waals surface area contributed by atoms with Gasteiger partial charge < -0.3 is 19.2 Å². The summed E-state index contributed by atoms with van der Waals surface area (Å²) in [5, 5.41) is 7.17. The highest BCUT2D eigenvalue weighted by Gasteiger charge is 2.22. The quantitative estimate of drug-likeness (QED) is 0.390. The van der Waals surface area contributed by atoms with Gasteiger partial charge in [0.15, 0.2) is 11.4 Å². The van der Waals surface area contributed by atoms with E-state index in [1.165, 1.54) is 21.5 Å². The molecule has 0 aliphatic heterocycles. The zero-order chi connectivity index (χ0) is 24.5. The Hall–Kier alpha value is -4.44. The molecule has 9 nitrogen and oxygen atoms in total. The Kier molecular flexibility index (Phi) is 5.79. The third-order valence-electron chi connectivity index (χ3n) is 5.61. The van der Waals surface area contributed by atoms with Crippen molar-refractivity contribution < 1.29 is 13.6 Å². The van der Waals surface area contributed by atoms with Crippen LogP contribution in [0.25, 0.3) is 22.6 Å². The molecule has 178 valence electrons. The molecule has 10 heteroatoms. The summed E-state index contributed by atoms with van der Waals surface area (Å²) in [6, 6.07) is 14.8. The Morgan fingerprint density at radius 3 is 2.63 bits per heavy atom. The predicted molar refractivity (Wildman–Crippen MR) is 130 cm³/mol. The summed E-state index contributed by atoms with van der Waals surface area (Å²) in [5.41, 5.74) is 1.98. The van der Waals surface area contributed by atoms with Crippen LogP contribution in [0.2, 0.25) is 0 Å². The number of rotatable bonds is 7. The van der Waals surface area contributed by atoms with Crippen molar-refractivity contribution in [2.75, 3.05) is 26.0 Å². The molecule has 0 radical (unpaired) electrons. The van der Waals surface area contributed by atoms with E-state index in [2.05, 4.69) is 10.4 Å². The second-order valence-electron chi connectivity index (χ2n) is 8.29. The van der Waals surface area contributed by atoms with Crippen molar-refractivity contribution in [3.63, 3.8) is 0 Å². The molecule has 0 aliphatic carbocycles. The van der Waals surface area contributed by atoms with Crippen LogP contribution in [-0.4, -0.2) is 50.4 Å². The van der Waals surface area contributed by atoms with E-state index >= 15 is 0 Å². The fourth-order valence-corrected chi connectivity index (χ4v) is 3.88. The molecular formula is C25H23FN6O3. The predicted octanol–water partition coefficient (Wildman–Crippen LogP) is 3.52. The lowest BCUT2D eigenvalue weighted by atomic mass is 10.2. The number of carbonyl (C=O) groups excluding carboxylic acids is 1. The maximum absolute atomic E-state index is 14.5. The lowest BCUT2D eigenvalue weighted by Gasteiger charge is -2.12. The van der Waals surface area contributed by atoms with Crippen LogP contribution in [0.5, 0.6) is 0 Å². The number of halogens is 1. The van der Waals surface area contributed by atoms with Crippen LogP contribution in [0.3, 0.4) is 0 Å². The second-order valence-corrected chi connectivity index (χ2v) is 8.29. The van der Waals surface area contributed by atoms with Crippen LogP contribution in [0, 0.1) is 5.82 Å². The zero-order valence-corrected chi connectivity index (χ0v) is 19.2. The van der Waals surface area contributed by atoms with Crippen LogP contribution in [-0.2, 0) is 6.54 Å². The first-order chi connectivity index (χ1) is 16.9. The van der Waals surface area contributed by atoms with E-state index in [0.717, 1.165) is 0 Å². The number of hydrogen-bond donors (Lipinski definition) is 1. The molecule has 0 unspecified atom stereocenters. The molecule has 0 fully saturated rings. The lowest BCUT2D eigenvalue weighted by Crippen LogP contribution is -2.23. The first-order valence-electron chi connectivity index (χ1n) is 11.0. The number of hydrogen-bond acceptors (Lipinski definition) is 5. The number of likely N-dealkylation sites (N-methyl/N-ethyl adjacent to an activating group) is 1. The van der Waals surface area contributed by atoms with Gasteiger partial charge in [-0.1, -0.05) is 12.1 Å². The molecule has 2 aromatic carbocycles. The average Bonchev–Trinajstić information content (AvgIpc) is 3.56. The minimum absolute atomic E-state index is 0.222. The highest BCUT2D eigenvalue weighted by atomic mass is 19.1. The number of oxazole rings is 1. The Labute approximate surface area is 199 Å². The van der Waals surface area contributed by atoms with Crippen LogP contribution in [0.15, 0.2) is 82.4 Å². The van der Waals surface area contributed by atoms with Gasteiger partial charge in [-0.05, 0) is 56.6 Å². The van der Waals surface area contributed by atoms with Crippen LogP contribution >= 0.6 is 0 Å². The first kappa shape index (κ1) is 22.4. The average molecular weight is 474 g/mol. The van der Waals surface area contributed by atoms with Crippen molar-refractivity contribution in [1.29, 1.82) is 0 Å². The number of anilines is 1. The van der Waals surface area contributed by atoms with E-state index in [4.69, 9.17) is 4.42 Å². The fourth-order valence-electron chi connectivity index (χ4n) is 3.88. The van der Waals surface area contributed by atoms with Gasteiger partial charge in [0.05, 0.1) is 11.7 Å². The summed E-state index contributed by atoms with van der Waals surface area (Å²) >= 11 is 0. The van der Waals surface area contributed by atoms with Gasteiger partial charge in [-0.15, -0.1) is 0 Å². The smallest absolute Gasteiger partial charge is 0.408 e. The summed E-state index contributed by atoms with van der Waals surface area (Å²) in [5.74, 6) is -0.949. The standard InChI is InChI=1S/C25H23FN6O3/c1-29(2)13-14-31-21-15-17(9-10-22(21)35-25(31)34)28-23(33)18-16-27-32(20-8-4-3-7-19(20)26)24(18)30-11-5-6-12-30/h3-12,15-16H,13-14H2,1-2H3,(H,28,33). The Morgan fingerprint density at radius 2 is 1.89 bits per heavy atom. The van der Waals surface area contributed by atoms with E-state index in [1.54, 1.807) is 65.5 Å². The van der Waals surface area contributed by atoms with E-state index in [-0.39, 0.29) is 11.3 Å². The van der Waals surface area contributed by atoms with Crippen molar-refractivity contribution in [3.05, 3.63) is 95.1 Å². The monoisotopic (exact) mass is 474 g/mol. The van der Waals surface area contributed by atoms with Gasteiger partial charge in [-0.25, -0.2) is 13.9 Å². The molecule has 0 saturated heterocycles. The molecule has 3 aromatic heterocycles. The Balaban J connectivity index is 1.51. The molecule has 5 aromatic rings. The van der Waals surface area contributed by atoms with Crippen LogP contribution in [0.4, 0.5) is 10.1 Å². The summed E-state index contributed by atoms with van der Waals surface area (Å²) in [7, 11) is 3.84. The number of benzene rings is 2. The number of amides is 1. The van der Waals surface area contributed by atoms with E-state index in [9.17, 15) is 14.0 Å². The molecular weight excluding hydrogens is 451 g/mol. The SMILES string of the molecule is CN(C)CCn1c(=O)oc2ccc(NC(=O)c3cnn(-c4ccccc4F)c3-n3cccc3)cc21. The van der Waals surface area contributed by atoms with Crippen molar-refractivity contribution in [3.8, 4) is 11.5 Å².